The molecule has 46 heavy (non-hydrogen) atoms. The largest absolute Gasteiger partial charge is 0.464 e. The van der Waals surface area contributed by atoms with Gasteiger partial charge in [0.25, 0.3) is 5.69 Å². The molecule has 2 aromatic rings. The number of nitro benzene ring substituents is 1. The predicted octanol–water partition coefficient (Wildman–Crippen LogP) is 2.97. The van der Waals surface area contributed by atoms with Gasteiger partial charge in [-0.25, -0.2) is 18.2 Å². The highest BCUT2D eigenvalue weighted by atomic mass is 32.2. The molecule has 254 valence electrons. The van der Waals surface area contributed by atoms with Crippen LogP contribution in [0.5, 0.6) is 0 Å². The van der Waals surface area contributed by atoms with Gasteiger partial charge in [-0.3, -0.25) is 24.6 Å². The van der Waals surface area contributed by atoms with E-state index in [2.05, 4.69) is 4.98 Å². The summed E-state index contributed by atoms with van der Waals surface area (Å²) in [4.78, 5) is 52.9. The maximum atomic E-state index is 13.7. The number of hydrogen-bond donors (Lipinski definition) is 0. The normalized spacial score (nSPS) is 12.2. The Morgan fingerprint density at radius 1 is 0.870 bits per heavy atom. The maximum absolute atomic E-state index is 13.7. The number of sulfonamides is 1. The van der Waals surface area contributed by atoms with E-state index >= 15 is 0 Å². The average Bonchev–Trinajstić information content (AvgIpc) is 2.93. The Labute approximate surface area is 269 Å². The zero-order valence-electron chi connectivity index (χ0n) is 27.2. The van der Waals surface area contributed by atoms with Gasteiger partial charge in [-0.2, -0.15) is 4.31 Å². The molecule has 1 aromatic heterocycles. The van der Waals surface area contributed by atoms with Crippen LogP contribution in [0.1, 0.15) is 57.7 Å². The number of pyridine rings is 1. The van der Waals surface area contributed by atoms with Gasteiger partial charge in [0.05, 0.1) is 50.6 Å². The number of carbonyl (C=O) groups is 3. The van der Waals surface area contributed by atoms with E-state index in [1.807, 2.05) is 0 Å². The first kappa shape index (κ1) is 38.2. The fraction of sp³-hybridized carbons (Fsp3) is 0.533. The number of nitro groups is 1. The van der Waals surface area contributed by atoms with Crippen LogP contribution in [0.4, 0.5) is 5.69 Å². The van der Waals surface area contributed by atoms with Gasteiger partial charge in [-0.05, 0) is 59.7 Å². The third-order valence-corrected chi connectivity index (χ3v) is 7.69. The number of ether oxygens (including phenoxy) is 4. The van der Waals surface area contributed by atoms with Gasteiger partial charge in [-0.1, -0.05) is 18.2 Å². The van der Waals surface area contributed by atoms with Crippen molar-refractivity contribution >= 4 is 33.6 Å². The minimum absolute atomic E-state index is 0.0129. The summed E-state index contributed by atoms with van der Waals surface area (Å²) in [7, 11) is -3.28. The van der Waals surface area contributed by atoms with Gasteiger partial charge in [0.15, 0.2) is 4.90 Å². The summed E-state index contributed by atoms with van der Waals surface area (Å²) in [6, 6.07) is 9.35. The van der Waals surface area contributed by atoms with E-state index in [0.717, 1.165) is 16.4 Å². The fourth-order valence-corrected chi connectivity index (χ4v) is 5.56. The minimum atomic E-state index is -4.46. The standard InChI is InChI=1S/C30H42N4O11S/c1-29(2,3)44-26(35)20-32(21-27(36)45-30(4,5)6)15-17-43-18-16-33(19-22-11-10-12-23(31-22)28(37)42-7)46(40,41)25-14-9-8-13-24(25)34(38)39/h8-14H,15-21H2,1-7H3. The van der Waals surface area contributed by atoms with E-state index in [-0.39, 0.29) is 57.3 Å². The van der Waals surface area contributed by atoms with Crippen molar-refractivity contribution in [3.8, 4) is 0 Å². The maximum Gasteiger partial charge on any atom is 0.356 e. The highest BCUT2D eigenvalue weighted by Gasteiger charge is 2.32. The highest BCUT2D eigenvalue weighted by molar-refractivity contribution is 7.89. The summed E-state index contributed by atoms with van der Waals surface area (Å²) in [6.07, 6.45) is 0. The number of hydrogen-bond acceptors (Lipinski definition) is 13. The Balaban J connectivity index is 2.22. The van der Waals surface area contributed by atoms with Crippen LogP contribution in [0.3, 0.4) is 0 Å². The van der Waals surface area contributed by atoms with Gasteiger partial charge in [0.2, 0.25) is 10.0 Å². The Kier molecular flexibility index (Phi) is 13.7. The summed E-state index contributed by atoms with van der Waals surface area (Å²) >= 11 is 0. The molecule has 0 radical (unpaired) electrons. The molecule has 0 saturated carbocycles. The Morgan fingerprint density at radius 3 is 1.98 bits per heavy atom. The van der Waals surface area contributed by atoms with Gasteiger partial charge < -0.3 is 18.9 Å². The molecule has 0 atom stereocenters. The van der Waals surface area contributed by atoms with Crippen molar-refractivity contribution < 1.29 is 46.7 Å². The minimum Gasteiger partial charge on any atom is -0.464 e. The van der Waals surface area contributed by atoms with Crippen LogP contribution in [0.25, 0.3) is 0 Å². The van der Waals surface area contributed by atoms with Crippen LogP contribution in [0.2, 0.25) is 0 Å². The lowest BCUT2D eigenvalue weighted by molar-refractivity contribution is -0.387. The number of aromatic nitrogens is 1. The zero-order valence-corrected chi connectivity index (χ0v) is 28.0. The van der Waals surface area contributed by atoms with E-state index in [0.29, 0.717) is 0 Å². The summed E-state index contributed by atoms with van der Waals surface area (Å²) in [5.74, 6) is -1.83. The molecule has 1 heterocycles. The third kappa shape index (κ3) is 12.8. The van der Waals surface area contributed by atoms with Crippen molar-refractivity contribution in [2.75, 3.05) is 46.5 Å². The van der Waals surface area contributed by atoms with E-state index < -0.39 is 54.6 Å². The van der Waals surface area contributed by atoms with Crippen molar-refractivity contribution in [3.63, 3.8) is 0 Å². The molecule has 0 fully saturated rings. The molecule has 0 aliphatic carbocycles. The van der Waals surface area contributed by atoms with Crippen molar-refractivity contribution in [2.24, 2.45) is 0 Å². The molecule has 0 amide bonds. The lowest BCUT2D eigenvalue weighted by Crippen LogP contribution is -2.41. The predicted molar refractivity (Wildman–Crippen MR) is 165 cm³/mol. The second kappa shape index (κ2) is 16.5. The molecule has 0 aliphatic heterocycles. The summed E-state index contributed by atoms with van der Waals surface area (Å²) < 4.78 is 49.5. The first-order valence-corrected chi connectivity index (χ1v) is 15.8. The third-order valence-electron chi connectivity index (χ3n) is 5.80. The molecule has 0 bridgehead atoms. The van der Waals surface area contributed by atoms with E-state index in [4.69, 9.17) is 18.9 Å². The molecule has 0 spiro atoms. The molecule has 0 saturated heterocycles. The number of carbonyl (C=O) groups excluding carboxylic acids is 3. The van der Waals surface area contributed by atoms with Crippen LogP contribution in [0.15, 0.2) is 47.4 Å². The Bertz CT molecular complexity index is 1450. The van der Waals surface area contributed by atoms with Gasteiger partial charge in [0.1, 0.15) is 16.9 Å². The second-order valence-corrected chi connectivity index (χ2v) is 14.0. The van der Waals surface area contributed by atoms with Crippen molar-refractivity contribution in [3.05, 3.63) is 64.0 Å². The molecule has 0 unspecified atom stereocenters. The molecular formula is C30H42N4O11S. The lowest BCUT2D eigenvalue weighted by Gasteiger charge is -2.26. The van der Waals surface area contributed by atoms with Crippen LogP contribution in [-0.4, -0.2) is 103 Å². The van der Waals surface area contributed by atoms with E-state index in [1.165, 1.54) is 42.3 Å². The summed E-state index contributed by atoms with van der Waals surface area (Å²) in [6.45, 7) is 9.20. The topological polar surface area (TPSA) is 185 Å². The molecule has 1 aromatic carbocycles. The van der Waals surface area contributed by atoms with Crippen LogP contribution in [-0.2, 0) is 45.1 Å². The van der Waals surface area contributed by atoms with E-state index in [9.17, 15) is 32.9 Å². The van der Waals surface area contributed by atoms with Gasteiger partial charge >= 0.3 is 17.9 Å². The molecular weight excluding hydrogens is 624 g/mol. The van der Waals surface area contributed by atoms with Crippen molar-refractivity contribution in [1.29, 1.82) is 0 Å². The number of nitrogens with zero attached hydrogens (tertiary/aromatic N) is 4. The zero-order chi connectivity index (χ0) is 34.7. The molecule has 0 N–H and O–H groups in total. The van der Waals surface area contributed by atoms with Crippen LogP contribution in [0, 0.1) is 10.1 Å². The fourth-order valence-electron chi connectivity index (χ4n) is 4.00. The summed E-state index contributed by atoms with van der Waals surface area (Å²) in [5.41, 5.74) is -1.94. The quantitative estimate of drug-likeness (QED) is 0.0838. The monoisotopic (exact) mass is 666 g/mol. The second-order valence-electron chi connectivity index (χ2n) is 12.1. The number of rotatable bonds is 16. The highest BCUT2D eigenvalue weighted by Crippen LogP contribution is 2.27. The average molecular weight is 667 g/mol. The number of para-hydroxylation sites is 1. The first-order chi connectivity index (χ1) is 21.3. The molecule has 2 rings (SSSR count). The SMILES string of the molecule is COC(=O)c1cccc(CN(CCOCCN(CC(=O)OC(C)(C)C)CC(=O)OC(C)(C)C)S(=O)(=O)c2ccccc2[N+](=O)[O-])n1. The first-order valence-electron chi connectivity index (χ1n) is 14.3. The Hall–Kier alpha value is -3.99. The number of methoxy groups -OCH3 is 1. The van der Waals surface area contributed by atoms with Gasteiger partial charge in [0, 0.05) is 19.2 Å². The van der Waals surface area contributed by atoms with Crippen LogP contribution < -0.4 is 0 Å². The molecule has 15 nitrogen and oxygen atoms in total. The van der Waals surface area contributed by atoms with E-state index in [1.54, 1.807) is 41.5 Å². The van der Waals surface area contributed by atoms with Crippen molar-refractivity contribution in [2.45, 2.75) is 64.2 Å². The number of esters is 3. The molecule has 0 aliphatic rings. The summed E-state index contributed by atoms with van der Waals surface area (Å²) in [5, 5.41) is 11.6. The number of benzene rings is 1. The van der Waals surface area contributed by atoms with Crippen LogP contribution >= 0.6 is 0 Å². The van der Waals surface area contributed by atoms with Gasteiger partial charge in [-0.15, -0.1) is 0 Å². The smallest absolute Gasteiger partial charge is 0.356 e. The molecule has 16 heteroatoms. The Morgan fingerprint density at radius 2 is 1.43 bits per heavy atom. The van der Waals surface area contributed by atoms with Crippen molar-refractivity contribution in [1.82, 2.24) is 14.2 Å². The lowest BCUT2D eigenvalue weighted by atomic mass is 10.2.